The SMILES string of the molecule is CCOC(=O)c1c(C)oc2ccc(C(Cc3ccccc3)N(C)C)cc12. The zero-order chi connectivity index (χ0) is 18.7. The summed E-state index contributed by atoms with van der Waals surface area (Å²) in [5, 5.41) is 0.818. The average Bonchev–Trinajstić information content (AvgIpc) is 2.95. The quantitative estimate of drug-likeness (QED) is 0.600. The minimum atomic E-state index is -0.328. The lowest BCUT2D eigenvalue weighted by molar-refractivity contribution is 0.0526. The molecule has 1 heterocycles. The van der Waals surface area contributed by atoms with Gasteiger partial charge >= 0.3 is 5.97 Å². The summed E-state index contributed by atoms with van der Waals surface area (Å²) in [4.78, 5) is 14.6. The van der Waals surface area contributed by atoms with Crippen LogP contribution in [0.4, 0.5) is 0 Å². The molecule has 0 aliphatic rings. The fourth-order valence-electron chi connectivity index (χ4n) is 3.34. The molecule has 0 N–H and O–H groups in total. The minimum Gasteiger partial charge on any atom is -0.462 e. The highest BCUT2D eigenvalue weighted by Gasteiger charge is 2.22. The maximum absolute atomic E-state index is 12.4. The first-order valence-electron chi connectivity index (χ1n) is 8.91. The maximum atomic E-state index is 12.4. The van der Waals surface area contributed by atoms with Gasteiger partial charge in [-0.2, -0.15) is 0 Å². The number of benzene rings is 2. The molecule has 3 aromatic rings. The summed E-state index contributed by atoms with van der Waals surface area (Å²) in [6.07, 6.45) is 0.894. The van der Waals surface area contributed by atoms with Crippen molar-refractivity contribution >= 4 is 16.9 Å². The molecular formula is C22H25NO3. The lowest BCUT2D eigenvalue weighted by atomic mass is 9.96. The van der Waals surface area contributed by atoms with Gasteiger partial charge < -0.3 is 14.1 Å². The zero-order valence-electron chi connectivity index (χ0n) is 15.8. The first-order chi connectivity index (χ1) is 12.5. The van der Waals surface area contributed by atoms with Crippen LogP contribution in [0.1, 0.15) is 40.2 Å². The summed E-state index contributed by atoms with van der Waals surface area (Å²) in [7, 11) is 4.15. The van der Waals surface area contributed by atoms with E-state index in [1.807, 2.05) is 19.1 Å². The second kappa shape index (κ2) is 7.75. The van der Waals surface area contributed by atoms with Crippen LogP contribution < -0.4 is 0 Å². The monoisotopic (exact) mass is 351 g/mol. The van der Waals surface area contributed by atoms with Gasteiger partial charge in [-0.3, -0.25) is 0 Å². The van der Waals surface area contributed by atoms with E-state index in [1.165, 1.54) is 5.56 Å². The minimum absolute atomic E-state index is 0.201. The third-order valence-corrected chi connectivity index (χ3v) is 4.65. The molecular weight excluding hydrogens is 326 g/mol. The van der Waals surface area contributed by atoms with Crippen molar-refractivity contribution < 1.29 is 13.9 Å². The summed E-state index contributed by atoms with van der Waals surface area (Å²) in [6.45, 7) is 3.96. The molecule has 0 saturated carbocycles. The maximum Gasteiger partial charge on any atom is 0.342 e. The highest BCUT2D eigenvalue weighted by Crippen LogP contribution is 2.31. The third-order valence-electron chi connectivity index (χ3n) is 4.65. The Bertz CT molecular complexity index is 896. The Kier molecular flexibility index (Phi) is 5.43. The Morgan fingerprint density at radius 1 is 1.15 bits per heavy atom. The number of rotatable bonds is 6. The van der Waals surface area contributed by atoms with Crippen LogP contribution >= 0.6 is 0 Å². The molecule has 0 aliphatic carbocycles. The average molecular weight is 351 g/mol. The number of carbonyl (C=O) groups excluding carboxylic acids is 1. The Hall–Kier alpha value is -2.59. The van der Waals surface area contributed by atoms with E-state index < -0.39 is 0 Å². The number of hydrogen-bond acceptors (Lipinski definition) is 4. The van der Waals surface area contributed by atoms with Crippen molar-refractivity contribution in [1.82, 2.24) is 4.90 Å². The molecule has 0 saturated heterocycles. The predicted molar refractivity (Wildman–Crippen MR) is 103 cm³/mol. The number of esters is 1. The smallest absolute Gasteiger partial charge is 0.342 e. The number of likely N-dealkylation sites (N-methyl/N-ethyl adjacent to an activating group) is 1. The number of fused-ring (bicyclic) bond motifs is 1. The Morgan fingerprint density at radius 2 is 1.88 bits per heavy atom. The van der Waals surface area contributed by atoms with Crippen LogP contribution in [-0.2, 0) is 11.2 Å². The molecule has 4 heteroatoms. The Labute approximate surface area is 154 Å². The molecule has 1 aromatic heterocycles. The normalized spacial score (nSPS) is 12.5. The second-order valence-corrected chi connectivity index (χ2v) is 6.68. The molecule has 0 spiro atoms. The summed E-state index contributed by atoms with van der Waals surface area (Å²) >= 11 is 0. The lowest BCUT2D eigenvalue weighted by Gasteiger charge is -2.25. The summed E-state index contributed by atoms with van der Waals surface area (Å²) < 4.78 is 11.0. The second-order valence-electron chi connectivity index (χ2n) is 6.68. The van der Waals surface area contributed by atoms with Crippen LogP contribution in [0.25, 0.3) is 11.0 Å². The van der Waals surface area contributed by atoms with E-state index in [2.05, 4.69) is 55.4 Å². The van der Waals surface area contributed by atoms with Crippen molar-refractivity contribution in [2.75, 3.05) is 20.7 Å². The van der Waals surface area contributed by atoms with Crippen LogP contribution in [0.5, 0.6) is 0 Å². The number of hydrogen-bond donors (Lipinski definition) is 0. The van der Waals surface area contributed by atoms with Crippen molar-refractivity contribution in [2.45, 2.75) is 26.3 Å². The molecule has 1 atom stereocenters. The van der Waals surface area contributed by atoms with E-state index >= 15 is 0 Å². The van der Waals surface area contributed by atoms with Crippen molar-refractivity contribution in [1.29, 1.82) is 0 Å². The molecule has 0 bridgehead atoms. The number of carbonyl (C=O) groups is 1. The van der Waals surface area contributed by atoms with Crippen LogP contribution in [0.3, 0.4) is 0 Å². The van der Waals surface area contributed by atoms with Gasteiger partial charge in [0.2, 0.25) is 0 Å². The summed E-state index contributed by atoms with van der Waals surface area (Å²) in [5.41, 5.74) is 3.67. The first-order valence-corrected chi connectivity index (χ1v) is 8.91. The molecule has 0 radical (unpaired) electrons. The fourth-order valence-corrected chi connectivity index (χ4v) is 3.34. The number of furan rings is 1. The van der Waals surface area contributed by atoms with Gasteiger partial charge in [0.25, 0.3) is 0 Å². The molecule has 1 unspecified atom stereocenters. The number of nitrogens with zero attached hydrogens (tertiary/aromatic N) is 1. The summed E-state index contributed by atoms with van der Waals surface area (Å²) in [6, 6.07) is 16.7. The summed E-state index contributed by atoms with van der Waals surface area (Å²) in [5.74, 6) is 0.269. The van der Waals surface area contributed by atoms with Crippen LogP contribution in [0, 0.1) is 6.92 Å². The van der Waals surface area contributed by atoms with Crippen LogP contribution in [0.15, 0.2) is 52.9 Å². The van der Waals surface area contributed by atoms with Gasteiger partial charge in [-0.1, -0.05) is 36.4 Å². The van der Waals surface area contributed by atoms with Crippen molar-refractivity contribution in [3.05, 3.63) is 71.0 Å². The van der Waals surface area contributed by atoms with Crippen molar-refractivity contribution in [3.63, 3.8) is 0 Å². The molecule has 26 heavy (non-hydrogen) atoms. The van der Waals surface area contributed by atoms with E-state index in [4.69, 9.17) is 9.15 Å². The van der Waals surface area contributed by atoms with Gasteiger partial charge in [0.1, 0.15) is 16.9 Å². The molecule has 3 rings (SSSR count). The van der Waals surface area contributed by atoms with Gasteiger partial charge in [0, 0.05) is 11.4 Å². The topological polar surface area (TPSA) is 42.7 Å². The van der Waals surface area contributed by atoms with E-state index in [-0.39, 0.29) is 12.0 Å². The predicted octanol–water partition coefficient (Wildman–Crippen LogP) is 4.76. The van der Waals surface area contributed by atoms with E-state index in [1.54, 1.807) is 6.92 Å². The van der Waals surface area contributed by atoms with E-state index in [0.717, 1.165) is 17.4 Å². The zero-order valence-corrected chi connectivity index (χ0v) is 15.8. The molecule has 2 aromatic carbocycles. The number of aryl methyl sites for hydroxylation is 1. The highest BCUT2D eigenvalue weighted by molar-refractivity contribution is 6.04. The third kappa shape index (κ3) is 3.65. The number of ether oxygens (including phenoxy) is 1. The van der Waals surface area contributed by atoms with E-state index in [9.17, 15) is 4.79 Å². The van der Waals surface area contributed by atoms with Gasteiger partial charge in [-0.15, -0.1) is 0 Å². The van der Waals surface area contributed by atoms with Gasteiger partial charge in [-0.25, -0.2) is 4.79 Å². The fraction of sp³-hybridized carbons (Fsp3) is 0.318. The van der Waals surface area contributed by atoms with Crippen molar-refractivity contribution in [2.24, 2.45) is 0 Å². The molecule has 136 valence electrons. The van der Waals surface area contributed by atoms with Crippen molar-refractivity contribution in [3.8, 4) is 0 Å². The first kappa shape index (κ1) is 18.2. The molecule has 0 amide bonds. The van der Waals surface area contributed by atoms with Gasteiger partial charge in [-0.05, 0) is 57.6 Å². The Balaban J connectivity index is 2.02. The van der Waals surface area contributed by atoms with Crippen LogP contribution in [0.2, 0.25) is 0 Å². The standard InChI is InChI=1S/C22H25NO3/c1-5-25-22(24)21-15(2)26-20-12-11-17(14-18(20)21)19(23(3)4)13-16-9-7-6-8-10-16/h6-12,14,19H,5,13H2,1-4H3. The van der Waals surface area contributed by atoms with Crippen LogP contribution in [-0.4, -0.2) is 31.6 Å². The molecule has 0 fully saturated rings. The Morgan fingerprint density at radius 3 is 2.54 bits per heavy atom. The lowest BCUT2D eigenvalue weighted by Crippen LogP contribution is -2.22. The highest BCUT2D eigenvalue weighted by atomic mass is 16.5. The molecule has 4 nitrogen and oxygen atoms in total. The van der Waals surface area contributed by atoms with Gasteiger partial charge in [0.05, 0.1) is 6.61 Å². The van der Waals surface area contributed by atoms with Gasteiger partial charge in [0.15, 0.2) is 0 Å². The van der Waals surface area contributed by atoms with E-state index in [0.29, 0.717) is 23.5 Å². The molecule has 0 aliphatic heterocycles. The largest absolute Gasteiger partial charge is 0.462 e.